The van der Waals surface area contributed by atoms with Crippen LogP contribution in [0.3, 0.4) is 0 Å². The lowest BCUT2D eigenvalue weighted by molar-refractivity contribution is 0.0955. The summed E-state index contributed by atoms with van der Waals surface area (Å²) >= 11 is 7.56. The molecule has 116 valence electrons. The highest BCUT2D eigenvalue weighted by Crippen LogP contribution is 2.32. The van der Waals surface area contributed by atoms with Gasteiger partial charge in [0.15, 0.2) is 0 Å². The van der Waals surface area contributed by atoms with E-state index in [9.17, 15) is 4.79 Å². The smallest absolute Gasteiger partial charge is 0.261 e. The van der Waals surface area contributed by atoms with Crippen LogP contribution in [0.15, 0.2) is 30.3 Å². The Morgan fingerprint density at radius 3 is 2.86 bits per heavy atom. The number of amides is 1. The predicted molar refractivity (Wildman–Crippen MR) is 91.3 cm³/mol. The van der Waals surface area contributed by atoms with Crippen molar-refractivity contribution >= 4 is 28.8 Å². The highest BCUT2D eigenvalue weighted by atomic mass is 35.5. The molecule has 1 aromatic carbocycles. The molecule has 1 aliphatic heterocycles. The quantitative estimate of drug-likeness (QED) is 0.914. The number of nitrogens with zero attached hydrogens (tertiary/aromatic N) is 1. The van der Waals surface area contributed by atoms with Crippen molar-refractivity contribution in [2.24, 2.45) is 0 Å². The van der Waals surface area contributed by atoms with Crippen LogP contribution in [-0.2, 0) is 19.6 Å². The van der Waals surface area contributed by atoms with Crippen molar-refractivity contribution in [1.82, 2.24) is 10.2 Å². The first kappa shape index (κ1) is 15.5. The molecule has 0 saturated carbocycles. The van der Waals surface area contributed by atoms with Gasteiger partial charge in [0.05, 0.1) is 4.88 Å². The molecule has 1 amide bonds. The molecule has 0 radical (unpaired) electrons. The van der Waals surface area contributed by atoms with E-state index in [1.807, 2.05) is 30.3 Å². The molecule has 1 aromatic heterocycles. The Kier molecular flexibility index (Phi) is 4.52. The molecule has 0 aliphatic carbocycles. The Bertz CT molecular complexity index is 672. The third-order valence-electron chi connectivity index (χ3n) is 3.91. The summed E-state index contributed by atoms with van der Waals surface area (Å²) in [6.45, 7) is 6.81. The molecule has 0 spiro atoms. The third-order valence-corrected chi connectivity index (χ3v) is 5.31. The second kappa shape index (κ2) is 6.41. The van der Waals surface area contributed by atoms with Gasteiger partial charge in [-0.05, 0) is 43.2 Å². The fraction of sp³-hybridized carbons (Fsp3) is 0.353. The maximum atomic E-state index is 12.3. The first-order valence-corrected chi connectivity index (χ1v) is 8.60. The van der Waals surface area contributed by atoms with Crippen molar-refractivity contribution in [3.05, 3.63) is 56.2 Å². The number of halogens is 1. The van der Waals surface area contributed by atoms with Crippen molar-refractivity contribution in [3.8, 4) is 0 Å². The van der Waals surface area contributed by atoms with E-state index in [1.165, 1.54) is 10.4 Å². The van der Waals surface area contributed by atoms with E-state index in [2.05, 4.69) is 24.1 Å². The molecule has 0 unspecified atom stereocenters. The minimum absolute atomic E-state index is 0.00419. The van der Waals surface area contributed by atoms with Crippen LogP contribution >= 0.6 is 22.9 Å². The van der Waals surface area contributed by atoms with Crippen molar-refractivity contribution < 1.29 is 4.79 Å². The highest BCUT2D eigenvalue weighted by molar-refractivity contribution is 7.14. The van der Waals surface area contributed by atoms with Gasteiger partial charge in [0.1, 0.15) is 0 Å². The molecule has 22 heavy (non-hydrogen) atoms. The molecule has 0 fully saturated rings. The first-order chi connectivity index (χ1) is 10.5. The maximum Gasteiger partial charge on any atom is 0.261 e. The van der Waals surface area contributed by atoms with Crippen LogP contribution in [-0.4, -0.2) is 16.8 Å². The van der Waals surface area contributed by atoms with E-state index < -0.39 is 0 Å². The molecular weight excluding hydrogens is 316 g/mol. The number of benzene rings is 1. The van der Waals surface area contributed by atoms with Gasteiger partial charge in [0.25, 0.3) is 5.91 Å². The SMILES string of the molecule is CC(C)N1Cc2cc(C(=O)NCc3cccc(Cl)c3)sc2C1. The Morgan fingerprint density at radius 2 is 2.18 bits per heavy atom. The number of nitrogens with one attached hydrogen (secondary N) is 1. The maximum absolute atomic E-state index is 12.3. The van der Waals surface area contributed by atoms with Gasteiger partial charge in [-0.25, -0.2) is 0 Å². The van der Waals surface area contributed by atoms with E-state index >= 15 is 0 Å². The van der Waals surface area contributed by atoms with Crippen LogP contribution in [0.2, 0.25) is 5.02 Å². The zero-order valence-electron chi connectivity index (χ0n) is 12.7. The molecule has 3 nitrogen and oxygen atoms in total. The fourth-order valence-electron chi connectivity index (χ4n) is 2.59. The number of hydrogen-bond acceptors (Lipinski definition) is 3. The van der Waals surface area contributed by atoms with E-state index in [0.29, 0.717) is 17.6 Å². The minimum atomic E-state index is -0.00419. The van der Waals surface area contributed by atoms with Crippen molar-refractivity contribution in [2.45, 2.75) is 39.5 Å². The summed E-state index contributed by atoms with van der Waals surface area (Å²) in [6, 6.07) is 10.1. The molecule has 0 bridgehead atoms. The van der Waals surface area contributed by atoms with Crippen LogP contribution in [0.4, 0.5) is 0 Å². The molecule has 1 aliphatic rings. The lowest BCUT2D eigenvalue weighted by Gasteiger charge is -2.19. The van der Waals surface area contributed by atoms with Crippen molar-refractivity contribution in [3.63, 3.8) is 0 Å². The Balaban J connectivity index is 1.62. The average Bonchev–Trinajstić information content (AvgIpc) is 3.03. The number of carbonyl (C=O) groups is 1. The molecular formula is C17H19ClN2OS. The zero-order valence-corrected chi connectivity index (χ0v) is 14.3. The van der Waals surface area contributed by atoms with Gasteiger partial charge in [-0.1, -0.05) is 23.7 Å². The average molecular weight is 335 g/mol. The molecule has 0 saturated heterocycles. The summed E-state index contributed by atoms with van der Waals surface area (Å²) in [4.78, 5) is 16.8. The van der Waals surface area contributed by atoms with Gasteiger partial charge in [-0.2, -0.15) is 0 Å². The second-order valence-corrected chi connectivity index (χ2v) is 7.44. The summed E-state index contributed by atoms with van der Waals surface area (Å²) in [5.74, 6) is -0.00419. The summed E-state index contributed by atoms with van der Waals surface area (Å²) in [5.41, 5.74) is 2.31. The monoisotopic (exact) mass is 334 g/mol. The van der Waals surface area contributed by atoms with Crippen LogP contribution in [0.1, 0.15) is 39.5 Å². The Hall–Kier alpha value is -1.36. The predicted octanol–water partition coefficient (Wildman–Crippen LogP) is 4.06. The van der Waals surface area contributed by atoms with E-state index in [1.54, 1.807) is 11.3 Å². The van der Waals surface area contributed by atoms with Crippen molar-refractivity contribution in [1.29, 1.82) is 0 Å². The molecule has 3 rings (SSSR count). The zero-order chi connectivity index (χ0) is 15.7. The molecule has 2 aromatic rings. The normalized spacial score (nSPS) is 14.4. The van der Waals surface area contributed by atoms with Gasteiger partial charge in [-0.15, -0.1) is 11.3 Å². The van der Waals surface area contributed by atoms with E-state index in [4.69, 9.17) is 11.6 Å². The minimum Gasteiger partial charge on any atom is -0.347 e. The molecule has 0 atom stereocenters. The Morgan fingerprint density at radius 1 is 1.36 bits per heavy atom. The first-order valence-electron chi connectivity index (χ1n) is 7.41. The van der Waals surface area contributed by atoms with E-state index in [0.717, 1.165) is 23.5 Å². The number of carbonyl (C=O) groups excluding carboxylic acids is 1. The van der Waals surface area contributed by atoms with Crippen LogP contribution in [0, 0.1) is 0 Å². The number of thiophene rings is 1. The van der Waals surface area contributed by atoms with Crippen molar-refractivity contribution in [2.75, 3.05) is 0 Å². The van der Waals surface area contributed by atoms with Crippen LogP contribution in [0.5, 0.6) is 0 Å². The topological polar surface area (TPSA) is 32.3 Å². The molecule has 5 heteroatoms. The van der Waals surface area contributed by atoms with Gasteiger partial charge in [0, 0.05) is 35.6 Å². The lowest BCUT2D eigenvalue weighted by Crippen LogP contribution is -2.25. The van der Waals surface area contributed by atoms with Gasteiger partial charge < -0.3 is 5.32 Å². The standard InChI is InChI=1S/C17H19ClN2OS/c1-11(2)20-9-13-7-15(22-16(13)10-20)17(21)19-8-12-4-3-5-14(18)6-12/h3-7,11H,8-10H2,1-2H3,(H,19,21). The Labute approximate surface area is 139 Å². The largest absolute Gasteiger partial charge is 0.347 e. The summed E-state index contributed by atoms with van der Waals surface area (Å²) in [6.07, 6.45) is 0. The highest BCUT2D eigenvalue weighted by Gasteiger charge is 2.25. The summed E-state index contributed by atoms with van der Waals surface area (Å²) < 4.78 is 0. The summed E-state index contributed by atoms with van der Waals surface area (Å²) in [7, 11) is 0. The summed E-state index contributed by atoms with van der Waals surface area (Å²) in [5, 5.41) is 3.65. The number of rotatable bonds is 4. The number of hydrogen-bond donors (Lipinski definition) is 1. The van der Waals surface area contributed by atoms with Crippen LogP contribution in [0.25, 0.3) is 0 Å². The third kappa shape index (κ3) is 3.35. The van der Waals surface area contributed by atoms with Gasteiger partial charge >= 0.3 is 0 Å². The van der Waals surface area contributed by atoms with Gasteiger partial charge in [0.2, 0.25) is 0 Å². The molecule has 1 N–H and O–H groups in total. The lowest BCUT2D eigenvalue weighted by atomic mass is 10.2. The molecule has 2 heterocycles. The van der Waals surface area contributed by atoms with E-state index in [-0.39, 0.29) is 5.91 Å². The van der Waals surface area contributed by atoms with Gasteiger partial charge in [-0.3, -0.25) is 9.69 Å². The fourth-order valence-corrected chi connectivity index (χ4v) is 3.92. The second-order valence-electron chi connectivity index (χ2n) is 5.87. The van der Waals surface area contributed by atoms with Crippen LogP contribution < -0.4 is 5.32 Å². The number of fused-ring (bicyclic) bond motifs is 1.